The van der Waals surface area contributed by atoms with Gasteiger partial charge >= 0.3 is 0 Å². The van der Waals surface area contributed by atoms with Gasteiger partial charge in [-0.2, -0.15) is 5.26 Å². The van der Waals surface area contributed by atoms with Crippen LogP contribution in [-0.4, -0.2) is 0 Å². The second-order valence-electron chi connectivity index (χ2n) is 7.01. The summed E-state index contributed by atoms with van der Waals surface area (Å²) in [5.74, 6) is 2.83. The van der Waals surface area contributed by atoms with Crippen LogP contribution < -0.4 is 5.30 Å². The number of rotatable bonds is 2. The summed E-state index contributed by atoms with van der Waals surface area (Å²) in [5.41, 5.74) is 3.77. The van der Waals surface area contributed by atoms with Gasteiger partial charge < -0.3 is 0 Å². The van der Waals surface area contributed by atoms with Crippen LogP contribution in [0.1, 0.15) is 62.1 Å². The molecule has 0 spiro atoms. The van der Waals surface area contributed by atoms with E-state index in [9.17, 15) is 0 Å². The summed E-state index contributed by atoms with van der Waals surface area (Å²) in [6.07, 6.45) is 10.9. The quantitative estimate of drug-likeness (QED) is 0.743. The number of benzene rings is 1. The number of nitriles is 1. The van der Waals surface area contributed by atoms with Gasteiger partial charge in [-0.05, 0) is 72.4 Å². The molecule has 112 valence electrons. The van der Waals surface area contributed by atoms with Crippen LogP contribution in [0.5, 0.6) is 0 Å². The zero-order valence-corrected chi connectivity index (χ0v) is 14.2. The van der Waals surface area contributed by atoms with Crippen LogP contribution in [0.25, 0.3) is 0 Å². The van der Waals surface area contributed by atoms with Crippen LogP contribution in [0.3, 0.4) is 0 Å². The van der Waals surface area contributed by atoms with Crippen molar-refractivity contribution in [2.24, 2.45) is 17.8 Å². The molecule has 1 aromatic rings. The van der Waals surface area contributed by atoms with Crippen LogP contribution >= 0.6 is 9.24 Å². The molecule has 2 aliphatic rings. The lowest BCUT2D eigenvalue weighted by Crippen LogP contribution is -2.27. The first-order chi connectivity index (χ1) is 10.2. The maximum absolute atomic E-state index is 9.16. The highest BCUT2D eigenvalue weighted by Gasteiger charge is 2.29. The van der Waals surface area contributed by atoms with Gasteiger partial charge in [-0.1, -0.05) is 32.3 Å². The molecule has 0 amide bonds. The highest BCUT2D eigenvalue weighted by molar-refractivity contribution is 7.27. The molecule has 0 N–H and O–H groups in total. The summed E-state index contributed by atoms with van der Waals surface area (Å²) < 4.78 is 0. The van der Waals surface area contributed by atoms with Crippen molar-refractivity contribution in [3.05, 3.63) is 28.8 Å². The molecular formula is C19H26NP. The van der Waals surface area contributed by atoms with Crippen LogP contribution in [0.15, 0.2) is 12.1 Å². The summed E-state index contributed by atoms with van der Waals surface area (Å²) in [6.45, 7) is 2.34. The van der Waals surface area contributed by atoms with Crippen LogP contribution in [0, 0.1) is 29.1 Å². The molecule has 2 aliphatic carbocycles. The first-order valence-electron chi connectivity index (χ1n) is 8.52. The van der Waals surface area contributed by atoms with Gasteiger partial charge in [-0.3, -0.25) is 0 Å². The molecule has 3 rings (SSSR count). The Hall–Kier alpha value is -0.860. The molecule has 0 aromatic heterocycles. The van der Waals surface area contributed by atoms with Gasteiger partial charge in [-0.15, -0.1) is 9.24 Å². The number of fused-ring (bicyclic) bond motifs is 1. The van der Waals surface area contributed by atoms with Gasteiger partial charge in [0.05, 0.1) is 11.6 Å². The highest BCUT2D eigenvalue weighted by atomic mass is 31.0. The van der Waals surface area contributed by atoms with Crippen molar-refractivity contribution in [3.8, 4) is 6.07 Å². The predicted molar refractivity (Wildman–Crippen MR) is 91.8 cm³/mol. The highest BCUT2D eigenvalue weighted by Crippen LogP contribution is 2.40. The Morgan fingerprint density at radius 2 is 1.86 bits per heavy atom. The Kier molecular flexibility index (Phi) is 4.66. The van der Waals surface area contributed by atoms with E-state index < -0.39 is 0 Å². The Balaban J connectivity index is 1.70. The van der Waals surface area contributed by atoms with E-state index in [1.165, 1.54) is 62.5 Å². The largest absolute Gasteiger partial charge is 0.192 e. The smallest absolute Gasteiger partial charge is 0.0998 e. The molecule has 2 unspecified atom stereocenters. The average Bonchev–Trinajstić information content (AvgIpc) is 2.53. The van der Waals surface area contributed by atoms with E-state index in [2.05, 4.69) is 34.4 Å². The van der Waals surface area contributed by atoms with Gasteiger partial charge in [0, 0.05) is 0 Å². The van der Waals surface area contributed by atoms with Gasteiger partial charge in [0.25, 0.3) is 0 Å². The maximum atomic E-state index is 9.16. The van der Waals surface area contributed by atoms with Crippen molar-refractivity contribution in [2.75, 3.05) is 0 Å². The van der Waals surface area contributed by atoms with Crippen molar-refractivity contribution >= 4 is 14.5 Å². The topological polar surface area (TPSA) is 23.8 Å². The Labute approximate surface area is 131 Å². The molecular weight excluding hydrogens is 273 g/mol. The summed E-state index contributed by atoms with van der Waals surface area (Å²) >= 11 is 0. The molecule has 21 heavy (non-hydrogen) atoms. The molecule has 1 saturated carbocycles. The normalized spacial score (nSPS) is 28.7. The molecule has 0 aliphatic heterocycles. The van der Waals surface area contributed by atoms with Gasteiger partial charge in [0.15, 0.2) is 0 Å². The number of hydrogen-bond acceptors (Lipinski definition) is 1. The third-order valence-corrected chi connectivity index (χ3v) is 6.37. The molecule has 1 nitrogen and oxygen atoms in total. The molecule has 2 atom stereocenters. The van der Waals surface area contributed by atoms with E-state index in [1.54, 1.807) is 0 Å². The predicted octanol–water partition coefficient (Wildman–Crippen LogP) is 4.38. The van der Waals surface area contributed by atoms with Gasteiger partial charge in [-0.25, -0.2) is 0 Å². The van der Waals surface area contributed by atoms with E-state index in [1.807, 2.05) is 0 Å². The first-order valence-corrected chi connectivity index (χ1v) is 9.10. The van der Waals surface area contributed by atoms with Crippen molar-refractivity contribution in [1.82, 2.24) is 0 Å². The van der Waals surface area contributed by atoms with E-state index >= 15 is 0 Å². The zero-order valence-electron chi connectivity index (χ0n) is 13.1. The van der Waals surface area contributed by atoms with Gasteiger partial charge in [0.2, 0.25) is 0 Å². The second kappa shape index (κ2) is 6.50. The number of hydrogen-bond donors (Lipinski definition) is 0. The Bertz CT molecular complexity index is 549. The molecule has 1 fully saturated rings. The SMILES string of the molecule is CCC1CCC(C2CCc3cc(C#N)c(P)cc3C2)CC1. The molecule has 1 aromatic carbocycles. The average molecular weight is 299 g/mol. The fourth-order valence-corrected chi connectivity index (χ4v) is 4.77. The summed E-state index contributed by atoms with van der Waals surface area (Å²) in [6, 6.07) is 6.69. The number of nitrogens with zero attached hydrogens (tertiary/aromatic N) is 1. The van der Waals surface area contributed by atoms with E-state index in [0.717, 1.165) is 28.6 Å². The lowest BCUT2D eigenvalue weighted by atomic mass is 9.69. The molecule has 0 bridgehead atoms. The summed E-state index contributed by atoms with van der Waals surface area (Å²) in [5, 5.41) is 10.2. The molecule has 0 radical (unpaired) electrons. The lowest BCUT2D eigenvalue weighted by Gasteiger charge is -2.36. The lowest BCUT2D eigenvalue weighted by molar-refractivity contribution is 0.187. The van der Waals surface area contributed by atoms with Crippen molar-refractivity contribution < 1.29 is 0 Å². The van der Waals surface area contributed by atoms with Gasteiger partial charge in [0.1, 0.15) is 0 Å². The fraction of sp³-hybridized carbons (Fsp3) is 0.632. The van der Waals surface area contributed by atoms with E-state index in [-0.39, 0.29) is 0 Å². The molecule has 0 saturated heterocycles. The first kappa shape index (κ1) is 15.1. The monoisotopic (exact) mass is 299 g/mol. The third kappa shape index (κ3) is 3.17. The molecule has 0 heterocycles. The minimum atomic E-state index is 0.834. The third-order valence-electron chi connectivity index (χ3n) is 5.89. The van der Waals surface area contributed by atoms with Crippen LogP contribution in [0.4, 0.5) is 0 Å². The second-order valence-corrected chi connectivity index (χ2v) is 7.63. The van der Waals surface area contributed by atoms with Crippen molar-refractivity contribution in [2.45, 2.75) is 58.3 Å². The minimum absolute atomic E-state index is 0.834. The maximum Gasteiger partial charge on any atom is 0.0998 e. The number of aryl methyl sites for hydroxylation is 1. The van der Waals surface area contributed by atoms with E-state index in [4.69, 9.17) is 5.26 Å². The van der Waals surface area contributed by atoms with Crippen molar-refractivity contribution in [1.29, 1.82) is 5.26 Å². The van der Waals surface area contributed by atoms with E-state index in [0.29, 0.717) is 0 Å². The molecule has 2 heteroatoms. The van der Waals surface area contributed by atoms with Crippen LogP contribution in [0.2, 0.25) is 0 Å². The zero-order chi connectivity index (χ0) is 14.8. The summed E-state index contributed by atoms with van der Waals surface area (Å²) in [7, 11) is 2.73. The van der Waals surface area contributed by atoms with Crippen molar-refractivity contribution in [3.63, 3.8) is 0 Å². The minimum Gasteiger partial charge on any atom is -0.192 e. The standard InChI is InChI=1S/C19H26NP/c1-2-13-3-5-14(6-4-13)15-7-8-16-10-18(12-20)19(21)11-17(16)9-15/h10-11,13-15H,2-9,21H2,1H3. The summed E-state index contributed by atoms with van der Waals surface area (Å²) in [4.78, 5) is 0. The fourth-order valence-electron chi connectivity index (χ4n) is 4.42. The van der Waals surface area contributed by atoms with Crippen LogP contribution in [-0.2, 0) is 12.8 Å². The Morgan fingerprint density at radius 1 is 1.10 bits per heavy atom. The Morgan fingerprint density at radius 3 is 2.52 bits per heavy atom.